The topological polar surface area (TPSA) is 55.4 Å². The molecule has 2 aromatic carbocycles. The van der Waals surface area contributed by atoms with Gasteiger partial charge < -0.3 is 28.3 Å². The third kappa shape index (κ3) is 6.10. The van der Waals surface area contributed by atoms with Crippen LogP contribution in [-0.4, -0.2) is 35.5 Å². The van der Waals surface area contributed by atoms with E-state index in [1.165, 1.54) is 7.69 Å². The van der Waals surface area contributed by atoms with E-state index in [9.17, 15) is 0 Å². The van der Waals surface area contributed by atoms with Crippen molar-refractivity contribution in [2.45, 2.75) is 0 Å². The van der Waals surface area contributed by atoms with Gasteiger partial charge in [-0.3, -0.25) is 0 Å². The van der Waals surface area contributed by atoms with E-state index in [2.05, 4.69) is 0 Å². The summed E-state index contributed by atoms with van der Waals surface area (Å²) >= 11 is 0. The second kappa shape index (κ2) is 9.60. The molecule has 23 heavy (non-hydrogen) atoms. The Bertz CT molecular complexity index is 506. The van der Waals surface area contributed by atoms with Crippen molar-refractivity contribution < 1.29 is 28.3 Å². The molecule has 0 atom stereocenters. The van der Waals surface area contributed by atoms with Crippen LogP contribution in [0.15, 0.2) is 48.5 Å². The van der Waals surface area contributed by atoms with Gasteiger partial charge in [0.1, 0.15) is 23.0 Å². The van der Waals surface area contributed by atoms with Crippen LogP contribution in [0.3, 0.4) is 0 Å². The highest BCUT2D eigenvalue weighted by molar-refractivity contribution is 6.20. The summed E-state index contributed by atoms with van der Waals surface area (Å²) in [6.45, 7) is 0.416. The zero-order valence-corrected chi connectivity index (χ0v) is 13.1. The van der Waals surface area contributed by atoms with Crippen LogP contribution in [0.1, 0.15) is 0 Å². The lowest BCUT2D eigenvalue weighted by molar-refractivity contribution is 0.0509. The molecular formula is C16H18BO6. The summed E-state index contributed by atoms with van der Waals surface area (Å²) in [5.41, 5.74) is 0. The Balaban J connectivity index is 1.73. The van der Waals surface area contributed by atoms with Gasteiger partial charge in [-0.25, -0.2) is 0 Å². The van der Waals surface area contributed by atoms with Crippen molar-refractivity contribution in [1.29, 1.82) is 0 Å². The Kier molecular flexibility index (Phi) is 7.09. The Morgan fingerprint density at radius 1 is 0.609 bits per heavy atom. The Hall–Kier alpha value is -2.38. The van der Waals surface area contributed by atoms with Gasteiger partial charge in [-0.1, -0.05) is 0 Å². The summed E-state index contributed by atoms with van der Waals surface area (Å²) in [7, 11) is 4.40. The molecule has 2 rings (SSSR count). The number of ether oxygens (including phenoxy) is 4. The summed E-state index contributed by atoms with van der Waals surface area (Å²) in [6, 6.07) is 14.2. The summed E-state index contributed by atoms with van der Waals surface area (Å²) in [5, 5.41) is 0. The molecule has 0 aliphatic carbocycles. The zero-order valence-electron chi connectivity index (χ0n) is 13.1. The van der Waals surface area contributed by atoms with Crippen molar-refractivity contribution in [3.05, 3.63) is 48.5 Å². The van der Waals surface area contributed by atoms with E-state index in [4.69, 9.17) is 28.3 Å². The monoisotopic (exact) mass is 317 g/mol. The fraction of sp³-hybridized carbons (Fsp3) is 0.250. The molecule has 7 heteroatoms. The van der Waals surface area contributed by atoms with Crippen molar-refractivity contribution in [3.8, 4) is 23.0 Å². The maximum absolute atomic E-state index is 5.38. The van der Waals surface area contributed by atoms with Crippen LogP contribution in [0.5, 0.6) is 23.0 Å². The minimum absolute atomic E-state index is 0.208. The van der Waals surface area contributed by atoms with Crippen molar-refractivity contribution in [3.63, 3.8) is 0 Å². The summed E-state index contributed by atoms with van der Waals surface area (Å²) < 4.78 is 31.0. The molecule has 2 aromatic rings. The molecule has 1 radical (unpaired) electrons. The predicted molar refractivity (Wildman–Crippen MR) is 84.9 cm³/mol. The Morgan fingerprint density at radius 2 is 0.957 bits per heavy atom. The van der Waals surface area contributed by atoms with Crippen LogP contribution in [0.4, 0.5) is 0 Å². The van der Waals surface area contributed by atoms with Gasteiger partial charge in [0.15, 0.2) is 13.6 Å². The van der Waals surface area contributed by atoms with Crippen molar-refractivity contribution in [2.24, 2.45) is 0 Å². The lowest BCUT2D eigenvalue weighted by atomic mass is 10.3. The van der Waals surface area contributed by atoms with E-state index < -0.39 is 0 Å². The first-order chi connectivity index (χ1) is 11.3. The van der Waals surface area contributed by atoms with Crippen molar-refractivity contribution in [2.75, 3.05) is 27.8 Å². The van der Waals surface area contributed by atoms with E-state index in [-0.39, 0.29) is 13.6 Å². The smallest absolute Gasteiger partial charge is 0.526 e. The summed E-state index contributed by atoms with van der Waals surface area (Å²) in [6.07, 6.45) is 0. The molecule has 0 fully saturated rings. The van der Waals surface area contributed by atoms with Crippen molar-refractivity contribution >= 4 is 7.69 Å². The van der Waals surface area contributed by atoms with Crippen LogP contribution in [0, 0.1) is 0 Å². The van der Waals surface area contributed by atoms with Gasteiger partial charge in [-0.2, -0.15) is 0 Å². The minimum atomic E-state index is 0.208. The first-order valence-electron chi connectivity index (χ1n) is 6.90. The second-order valence-electron chi connectivity index (χ2n) is 4.38. The molecule has 0 bridgehead atoms. The molecule has 0 saturated carbocycles. The van der Waals surface area contributed by atoms with E-state index >= 15 is 0 Å². The molecule has 0 unspecified atom stereocenters. The average Bonchev–Trinajstić information content (AvgIpc) is 2.60. The number of hydrogen-bond acceptors (Lipinski definition) is 6. The highest BCUT2D eigenvalue weighted by Crippen LogP contribution is 2.19. The van der Waals surface area contributed by atoms with Gasteiger partial charge in [-0.15, -0.1) is 0 Å². The highest BCUT2D eigenvalue weighted by atomic mass is 16.7. The van der Waals surface area contributed by atoms with E-state index in [1.54, 1.807) is 62.8 Å². The van der Waals surface area contributed by atoms with Crippen LogP contribution in [-0.2, 0) is 9.47 Å². The Morgan fingerprint density at radius 3 is 1.30 bits per heavy atom. The van der Waals surface area contributed by atoms with Gasteiger partial charge in [-0.05, 0) is 48.5 Å². The Labute approximate surface area is 136 Å². The average molecular weight is 317 g/mol. The number of rotatable bonds is 10. The number of benzene rings is 2. The molecule has 0 aliphatic rings. The summed E-state index contributed by atoms with van der Waals surface area (Å²) in [4.78, 5) is 0. The van der Waals surface area contributed by atoms with Crippen LogP contribution in [0.25, 0.3) is 0 Å². The molecule has 0 spiro atoms. The third-order valence-corrected chi connectivity index (χ3v) is 2.70. The minimum Gasteiger partial charge on any atom is -0.526 e. The first-order valence-corrected chi connectivity index (χ1v) is 6.90. The molecule has 0 aromatic heterocycles. The van der Waals surface area contributed by atoms with Crippen LogP contribution >= 0.6 is 0 Å². The lowest BCUT2D eigenvalue weighted by Gasteiger charge is -2.09. The number of methoxy groups -OCH3 is 2. The third-order valence-electron chi connectivity index (χ3n) is 2.70. The van der Waals surface area contributed by atoms with Gasteiger partial charge in [0, 0.05) is 14.2 Å². The largest absolute Gasteiger partial charge is 0.658 e. The number of hydrogen-bond donors (Lipinski definition) is 0. The maximum Gasteiger partial charge on any atom is 0.658 e. The quantitative estimate of drug-likeness (QED) is 0.496. The molecule has 0 amide bonds. The molecule has 0 heterocycles. The van der Waals surface area contributed by atoms with Crippen LogP contribution in [0.2, 0.25) is 0 Å². The first kappa shape index (κ1) is 17.0. The SMILES string of the molecule is COCOc1ccc(O[B]Oc2ccc(OCOC)cc2)cc1. The fourth-order valence-corrected chi connectivity index (χ4v) is 1.62. The molecule has 121 valence electrons. The maximum atomic E-state index is 5.38. The zero-order chi connectivity index (χ0) is 16.3. The molecule has 0 saturated heterocycles. The predicted octanol–water partition coefficient (Wildman–Crippen LogP) is 2.64. The van der Waals surface area contributed by atoms with Crippen LogP contribution < -0.4 is 18.8 Å². The molecule has 0 N–H and O–H groups in total. The second-order valence-corrected chi connectivity index (χ2v) is 4.38. The van der Waals surface area contributed by atoms with Gasteiger partial charge in [0.2, 0.25) is 0 Å². The van der Waals surface area contributed by atoms with Crippen molar-refractivity contribution in [1.82, 2.24) is 0 Å². The summed E-state index contributed by atoms with van der Waals surface area (Å²) in [5.74, 6) is 2.67. The normalized spacial score (nSPS) is 10.0. The van der Waals surface area contributed by atoms with E-state index in [0.29, 0.717) is 23.0 Å². The lowest BCUT2D eigenvalue weighted by Crippen LogP contribution is -2.10. The fourth-order valence-electron chi connectivity index (χ4n) is 1.62. The van der Waals surface area contributed by atoms with E-state index in [1.807, 2.05) is 0 Å². The molecule has 6 nitrogen and oxygen atoms in total. The van der Waals surface area contributed by atoms with E-state index in [0.717, 1.165) is 0 Å². The molecular weight excluding hydrogens is 299 g/mol. The van der Waals surface area contributed by atoms with Gasteiger partial charge >= 0.3 is 7.69 Å². The highest BCUT2D eigenvalue weighted by Gasteiger charge is 2.03. The molecule has 0 aliphatic heterocycles. The standard InChI is InChI=1S/C16H18BO6/c1-18-11-20-13-3-7-15(8-4-13)22-17-23-16-9-5-14(6-10-16)21-12-19-2/h3-10H,11-12H2,1-2H3. The van der Waals surface area contributed by atoms with Gasteiger partial charge in [0.25, 0.3) is 0 Å². The van der Waals surface area contributed by atoms with Gasteiger partial charge in [0.05, 0.1) is 0 Å².